The molecule has 1 aromatic heterocycles. The van der Waals surface area contributed by atoms with E-state index in [4.69, 9.17) is 11.6 Å². The Labute approximate surface area is 149 Å². The molecular weight excluding hydrogens is 366 g/mol. The maximum absolute atomic E-state index is 12.5. The van der Waals surface area contributed by atoms with Crippen molar-refractivity contribution in [2.75, 3.05) is 6.54 Å². The van der Waals surface area contributed by atoms with Crippen LogP contribution in [0, 0.1) is 0 Å². The van der Waals surface area contributed by atoms with Crippen molar-refractivity contribution in [3.63, 3.8) is 0 Å². The molecule has 24 heavy (non-hydrogen) atoms. The van der Waals surface area contributed by atoms with Gasteiger partial charge in [0.25, 0.3) is 10.0 Å². The molecule has 0 saturated carbocycles. The summed E-state index contributed by atoms with van der Waals surface area (Å²) in [6.45, 7) is -0.0677. The normalized spacial score (nSPS) is 13.2. The lowest BCUT2D eigenvalue weighted by atomic mass is 10.1. The highest BCUT2D eigenvalue weighted by Crippen LogP contribution is 2.37. The predicted octanol–water partition coefficient (Wildman–Crippen LogP) is 3.44. The molecule has 2 N–H and O–H groups in total. The van der Waals surface area contributed by atoms with E-state index in [-0.39, 0.29) is 15.8 Å². The second kappa shape index (κ2) is 7.21. The van der Waals surface area contributed by atoms with Gasteiger partial charge in [-0.2, -0.15) is 0 Å². The summed E-state index contributed by atoms with van der Waals surface area (Å²) >= 11 is 7.34. The number of sulfonamides is 1. The van der Waals surface area contributed by atoms with Gasteiger partial charge in [-0.25, -0.2) is 13.1 Å². The molecule has 0 spiro atoms. The van der Waals surface area contributed by atoms with Crippen LogP contribution in [0.2, 0.25) is 5.02 Å². The van der Waals surface area contributed by atoms with E-state index in [1.807, 2.05) is 48.5 Å². The number of halogens is 1. The molecule has 1 atom stereocenters. The molecule has 7 heteroatoms. The van der Waals surface area contributed by atoms with Gasteiger partial charge in [-0.15, -0.1) is 11.3 Å². The van der Waals surface area contributed by atoms with Crippen LogP contribution >= 0.6 is 22.9 Å². The number of fused-ring (bicyclic) bond motifs is 1. The molecule has 4 nitrogen and oxygen atoms in total. The van der Waals surface area contributed by atoms with Crippen molar-refractivity contribution in [2.45, 2.75) is 16.7 Å². The van der Waals surface area contributed by atoms with Crippen LogP contribution in [-0.4, -0.2) is 26.2 Å². The summed E-state index contributed by atoms with van der Waals surface area (Å²) in [7, 11) is -3.76. The van der Waals surface area contributed by atoms with Crippen molar-refractivity contribution in [1.29, 1.82) is 0 Å². The zero-order valence-corrected chi connectivity index (χ0v) is 15.0. The maximum atomic E-state index is 12.5. The van der Waals surface area contributed by atoms with Crippen LogP contribution in [0.1, 0.15) is 5.56 Å². The first-order valence-electron chi connectivity index (χ1n) is 7.36. The lowest BCUT2D eigenvalue weighted by Gasteiger charge is -2.12. The van der Waals surface area contributed by atoms with Crippen molar-refractivity contribution in [3.05, 3.63) is 65.2 Å². The first kappa shape index (κ1) is 17.4. The van der Waals surface area contributed by atoms with Gasteiger partial charge in [-0.1, -0.05) is 60.1 Å². The Morgan fingerprint density at radius 3 is 2.46 bits per heavy atom. The summed E-state index contributed by atoms with van der Waals surface area (Å²) in [6, 6.07) is 16.7. The Hall–Kier alpha value is -1.44. The predicted molar refractivity (Wildman–Crippen MR) is 98.2 cm³/mol. The van der Waals surface area contributed by atoms with Crippen LogP contribution in [-0.2, 0) is 16.4 Å². The number of hydrogen-bond donors (Lipinski definition) is 2. The van der Waals surface area contributed by atoms with Crippen LogP contribution in [0.25, 0.3) is 10.1 Å². The van der Waals surface area contributed by atoms with Gasteiger partial charge in [0.15, 0.2) is 4.21 Å². The fourth-order valence-electron chi connectivity index (χ4n) is 2.39. The standard InChI is InChI=1S/C17H16ClNO3S2/c18-16-14-8-4-5-9-15(14)23-17(16)24(21,22)19-11-13(20)10-12-6-2-1-3-7-12/h1-9,13,19-20H,10-11H2/t13-/m0/s1. The van der Waals surface area contributed by atoms with Gasteiger partial charge in [0.1, 0.15) is 0 Å². The highest BCUT2D eigenvalue weighted by Gasteiger charge is 2.23. The van der Waals surface area contributed by atoms with Crippen LogP contribution in [0.5, 0.6) is 0 Å². The minimum Gasteiger partial charge on any atom is -0.391 e. The number of thiophene rings is 1. The average molecular weight is 382 g/mol. The molecule has 2 aromatic carbocycles. The lowest BCUT2D eigenvalue weighted by molar-refractivity contribution is 0.179. The minimum atomic E-state index is -3.76. The second-order valence-electron chi connectivity index (χ2n) is 5.40. The molecule has 0 fully saturated rings. The molecule has 0 aliphatic carbocycles. The first-order chi connectivity index (χ1) is 11.5. The van der Waals surface area contributed by atoms with E-state index in [9.17, 15) is 13.5 Å². The largest absolute Gasteiger partial charge is 0.391 e. The third kappa shape index (κ3) is 3.79. The van der Waals surface area contributed by atoms with Gasteiger partial charge >= 0.3 is 0 Å². The number of rotatable bonds is 6. The smallest absolute Gasteiger partial charge is 0.251 e. The summed E-state index contributed by atoms with van der Waals surface area (Å²) in [4.78, 5) is 0. The number of benzene rings is 2. The average Bonchev–Trinajstić information content (AvgIpc) is 2.92. The van der Waals surface area contributed by atoms with Crippen molar-refractivity contribution in [1.82, 2.24) is 4.72 Å². The third-order valence-corrected chi connectivity index (χ3v) is 7.30. The fraction of sp³-hybridized carbons (Fsp3) is 0.176. The Balaban J connectivity index is 1.72. The van der Waals surface area contributed by atoms with E-state index >= 15 is 0 Å². The molecule has 126 valence electrons. The molecule has 3 rings (SSSR count). The first-order valence-corrected chi connectivity index (χ1v) is 10.0. The van der Waals surface area contributed by atoms with Crippen molar-refractivity contribution in [2.24, 2.45) is 0 Å². The van der Waals surface area contributed by atoms with Crippen LogP contribution in [0.15, 0.2) is 58.8 Å². The van der Waals surface area contributed by atoms with Gasteiger partial charge in [-0.3, -0.25) is 0 Å². The summed E-state index contributed by atoms with van der Waals surface area (Å²) in [5.41, 5.74) is 0.948. The van der Waals surface area contributed by atoms with Crippen molar-refractivity contribution in [3.8, 4) is 0 Å². The van der Waals surface area contributed by atoms with Crippen LogP contribution in [0.4, 0.5) is 0 Å². The van der Waals surface area contributed by atoms with Crippen LogP contribution < -0.4 is 4.72 Å². The van der Waals surface area contributed by atoms with Crippen molar-refractivity contribution < 1.29 is 13.5 Å². The minimum absolute atomic E-state index is 0.0677. The Morgan fingerprint density at radius 2 is 1.75 bits per heavy atom. The molecule has 0 saturated heterocycles. The zero-order valence-electron chi connectivity index (χ0n) is 12.6. The van der Waals surface area contributed by atoms with Gasteiger partial charge in [0, 0.05) is 16.6 Å². The molecule has 1 heterocycles. The molecule has 0 unspecified atom stereocenters. The molecule has 3 aromatic rings. The van der Waals surface area contributed by atoms with Gasteiger partial charge in [0.2, 0.25) is 0 Å². The third-order valence-electron chi connectivity index (χ3n) is 3.57. The van der Waals surface area contributed by atoms with E-state index in [0.29, 0.717) is 6.42 Å². The summed E-state index contributed by atoms with van der Waals surface area (Å²) in [6.07, 6.45) is -0.431. The molecule has 0 radical (unpaired) electrons. The highest BCUT2D eigenvalue weighted by molar-refractivity contribution is 7.92. The molecule has 0 aliphatic rings. The van der Waals surface area contributed by atoms with E-state index in [0.717, 1.165) is 27.0 Å². The topological polar surface area (TPSA) is 66.4 Å². The number of nitrogens with one attached hydrogen (secondary N) is 1. The quantitative estimate of drug-likeness (QED) is 0.687. The molecule has 0 bridgehead atoms. The van der Waals surface area contributed by atoms with E-state index in [2.05, 4.69) is 4.72 Å². The molecular formula is C17H16ClNO3S2. The Kier molecular flexibility index (Phi) is 5.22. The maximum Gasteiger partial charge on any atom is 0.251 e. The number of hydrogen-bond acceptors (Lipinski definition) is 4. The van der Waals surface area contributed by atoms with Gasteiger partial charge in [0.05, 0.1) is 11.1 Å². The summed E-state index contributed by atoms with van der Waals surface area (Å²) in [5, 5.41) is 11.0. The highest BCUT2D eigenvalue weighted by atomic mass is 35.5. The molecule has 0 amide bonds. The van der Waals surface area contributed by atoms with Crippen LogP contribution in [0.3, 0.4) is 0 Å². The van der Waals surface area contributed by atoms with Gasteiger partial charge in [-0.05, 0) is 18.1 Å². The molecule has 0 aliphatic heterocycles. The monoisotopic (exact) mass is 381 g/mol. The zero-order chi connectivity index (χ0) is 17.2. The fourth-order valence-corrected chi connectivity index (χ4v) is 5.64. The Morgan fingerprint density at radius 1 is 1.08 bits per heavy atom. The Bertz CT molecular complexity index is 939. The number of aliphatic hydroxyl groups is 1. The lowest BCUT2D eigenvalue weighted by Crippen LogP contribution is -2.33. The van der Waals surface area contributed by atoms with E-state index in [1.54, 1.807) is 6.07 Å². The van der Waals surface area contributed by atoms with Crippen molar-refractivity contribution >= 4 is 43.0 Å². The second-order valence-corrected chi connectivity index (χ2v) is 8.79. The van der Waals surface area contributed by atoms with Gasteiger partial charge < -0.3 is 5.11 Å². The van der Waals surface area contributed by atoms with E-state index in [1.165, 1.54) is 0 Å². The number of aliphatic hydroxyl groups excluding tert-OH is 1. The van der Waals surface area contributed by atoms with E-state index < -0.39 is 16.1 Å². The summed E-state index contributed by atoms with van der Waals surface area (Å²) in [5.74, 6) is 0. The SMILES string of the molecule is O=S(=O)(NC[C@@H](O)Cc1ccccc1)c1sc2ccccc2c1Cl. The summed E-state index contributed by atoms with van der Waals surface area (Å²) < 4.78 is 28.3.